The fraction of sp³-hybridized carbons (Fsp3) is 0.688. The number of methoxy groups -OCH3 is 2. The molecular weight excluding hydrogens is 296 g/mol. The Balaban J connectivity index is 2.17. The summed E-state index contributed by atoms with van der Waals surface area (Å²) in [7, 11) is 3.35. The molecule has 0 spiro atoms. The Bertz CT molecular complexity index is 438. The molecule has 1 saturated heterocycles. The van der Waals surface area contributed by atoms with E-state index >= 15 is 0 Å². The van der Waals surface area contributed by atoms with Gasteiger partial charge in [-0.3, -0.25) is 9.69 Å². The molecule has 1 fully saturated rings. The molecule has 0 radical (unpaired) electrons. The molecule has 0 aliphatic carbocycles. The molecule has 1 amide bonds. The number of ether oxygens (including phenoxy) is 2. The molecule has 7 nitrogen and oxygen atoms in total. The van der Waals surface area contributed by atoms with Crippen molar-refractivity contribution in [2.45, 2.75) is 6.04 Å². The summed E-state index contributed by atoms with van der Waals surface area (Å²) in [6.07, 6.45) is 1.86. The number of nitrogens with zero attached hydrogens (tertiary/aromatic N) is 2. The molecule has 1 aliphatic rings. The lowest BCUT2D eigenvalue weighted by atomic mass is 10.1. The Hall–Kier alpha value is -1.41. The quantitative estimate of drug-likeness (QED) is 0.673. The summed E-state index contributed by atoms with van der Waals surface area (Å²) in [4.78, 5) is 20.4. The van der Waals surface area contributed by atoms with Crippen molar-refractivity contribution in [3.8, 4) is 0 Å². The summed E-state index contributed by atoms with van der Waals surface area (Å²) in [6.45, 7) is 5.71. The van der Waals surface area contributed by atoms with Crippen LogP contribution in [0.25, 0.3) is 0 Å². The number of carbonyl (C=O) groups excluding carboxylic acids is 1. The third-order valence-corrected chi connectivity index (χ3v) is 4.11. The molecule has 1 atom stereocenters. The highest BCUT2D eigenvalue weighted by Gasteiger charge is 2.32. The van der Waals surface area contributed by atoms with E-state index < -0.39 is 0 Å². The van der Waals surface area contributed by atoms with Gasteiger partial charge in [-0.15, -0.1) is 0 Å². The predicted octanol–water partition coefficient (Wildman–Crippen LogP) is 0.0824. The van der Waals surface area contributed by atoms with Crippen LogP contribution in [-0.4, -0.2) is 87.4 Å². The van der Waals surface area contributed by atoms with Crippen molar-refractivity contribution in [3.05, 3.63) is 24.0 Å². The van der Waals surface area contributed by atoms with E-state index in [0.717, 1.165) is 31.9 Å². The molecule has 2 heterocycles. The van der Waals surface area contributed by atoms with E-state index in [4.69, 9.17) is 9.47 Å². The van der Waals surface area contributed by atoms with Crippen LogP contribution >= 0.6 is 0 Å². The molecule has 23 heavy (non-hydrogen) atoms. The van der Waals surface area contributed by atoms with Gasteiger partial charge >= 0.3 is 0 Å². The van der Waals surface area contributed by atoms with E-state index in [1.165, 1.54) is 0 Å². The molecule has 1 unspecified atom stereocenters. The Morgan fingerprint density at radius 3 is 2.43 bits per heavy atom. The van der Waals surface area contributed by atoms with Gasteiger partial charge in [0.15, 0.2) is 0 Å². The average molecular weight is 324 g/mol. The average Bonchev–Trinajstić information content (AvgIpc) is 3.11. The van der Waals surface area contributed by atoms with E-state index in [1.807, 2.05) is 23.2 Å². The first-order chi connectivity index (χ1) is 11.3. The molecular formula is C16H28N4O3. The Kier molecular flexibility index (Phi) is 7.54. The van der Waals surface area contributed by atoms with Crippen LogP contribution in [-0.2, 0) is 14.3 Å². The maximum atomic E-state index is 13.1. The topological polar surface area (TPSA) is 69.8 Å². The molecule has 2 rings (SSSR count). The second-order valence-electron chi connectivity index (χ2n) is 5.62. The van der Waals surface area contributed by atoms with Crippen molar-refractivity contribution < 1.29 is 14.3 Å². The normalized spacial score (nSPS) is 16.7. The van der Waals surface area contributed by atoms with Crippen molar-refractivity contribution in [3.63, 3.8) is 0 Å². The van der Waals surface area contributed by atoms with Crippen LogP contribution in [0.4, 0.5) is 0 Å². The Morgan fingerprint density at radius 2 is 1.91 bits per heavy atom. The molecule has 2 N–H and O–H groups in total. The first-order valence-electron chi connectivity index (χ1n) is 8.12. The van der Waals surface area contributed by atoms with Gasteiger partial charge in [0.25, 0.3) is 0 Å². The minimum atomic E-state index is -0.326. The number of H-pyrrole nitrogens is 1. The fourth-order valence-corrected chi connectivity index (χ4v) is 2.85. The van der Waals surface area contributed by atoms with Crippen LogP contribution in [0.15, 0.2) is 18.3 Å². The fourth-order valence-electron chi connectivity index (χ4n) is 2.85. The third kappa shape index (κ3) is 5.04. The molecule has 0 saturated carbocycles. The SMILES string of the molecule is COCCN(CCOC)C(C(=O)N1CCNCC1)c1ccc[nH]1. The van der Waals surface area contributed by atoms with Gasteiger partial charge in [0.05, 0.1) is 13.2 Å². The van der Waals surface area contributed by atoms with Gasteiger partial charge in [0, 0.05) is 65.4 Å². The van der Waals surface area contributed by atoms with E-state index in [-0.39, 0.29) is 11.9 Å². The molecule has 130 valence electrons. The van der Waals surface area contributed by atoms with Crippen LogP contribution in [0, 0.1) is 0 Å². The lowest BCUT2D eigenvalue weighted by Crippen LogP contribution is -2.51. The zero-order chi connectivity index (χ0) is 16.5. The standard InChI is InChI=1S/C16H28N4O3/c1-22-12-10-19(11-13-23-2)15(14-4-3-5-18-14)16(21)20-8-6-17-7-9-20/h3-5,15,17-18H,6-13H2,1-2H3. The maximum Gasteiger partial charge on any atom is 0.246 e. The lowest BCUT2D eigenvalue weighted by Gasteiger charge is -2.36. The number of rotatable bonds is 9. The second-order valence-corrected chi connectivity index (χ2v) is 5.62. The molecule has 0 aromatic carbocycles. The summed E-state index contributed by atoms with van der Waals surface area (Å²) >= 11 is 0. The number of nitrogens with one attached hydrogen (secondary N) is 2. The van der Waals surface area contributed by atoms with Crippen molar-refractivity contribution in [2.24, 2.45) is 0 Å². The summed E-state index contributed by atoms with van der Waals surface area (Å²) in [5, 5.41) is 3.29. The molecule has 1 aliphatic heterocycles. The summed E-state index contributed by atoms with van der Waals surface area (Å²) < 4.78 is 10.4. The first kappa shape index (κ1) is 17.9. The number of aromatic nitrogens is 1. The van der Waals surface area contributed by atoms with Crippen molar-refractivity contribution in [2.75, 3.05) is 66.7 Å². The lowest BCUT2D eigenvalue weighted by molar-refractivity contribution is -0.138. The number of amides is 1. The number of hydrogen-bond donors (Lipinski definition) is 2. The van der Waals surface area contributed by atoms with Crippen molar-refractivity contribution in [1.82, 2.24) is 20.1 Å². The van der Waals surface area contributed by atoms with Gasteiger partial charge in [0.2, 0.25) is 5.91 Å². The van der Waals surface area contributed by atoms with Crippen LogP contribution in [0.1, 0.15) is 11.7 Å². The van der Waals surface area contributed by atoms with Crippen molar-refractivity contribution >= 4 is 5.91 Å². The molecule has 1 aromatic rings. The highest BCUT2D eigenvalue weighted by Crippen LogP contribution is 2.22. The van der Waals surface area contributed by atoms with Gasteiger partial charge in [0.1, 0.15) is 6.04 Å². The van der Waals surface area contributed by atoms with Crippen LogP contribution < -0.4 is 5.32 Å². The molecule has 1 aromatic heterocycles. The number of hydrogen-bond acceptors (Lipinski definition) is 5. The minimum Gasteiger partial charge on any atom is -0.383 e. The summed E-state index contributed by atoms with van der Waals surface area (Å²) in [5.74, 6) is 0.140. The van der Waals surface area contributed by atoms with Gasteiger partial charge in [-0.05, 0) is 12.1 Å². The van der Waals surface area contributed by atoms with Crippen molar-refractivity contribution in [1.29, 1.82) is 0 Å². The highest BCUT2D eigenvalue weighted by atomic mass is 16.5. The molecule has 7 heteroatoms. The number of piperazine rings is 1. The van der Waals surface area contributed by atoms with E-state index in [2.05, 4.69) is 15.2 Å². The van der Waals surface area contributed by atoms with E-state index in [9.17, 15) is 4.79 Å². The largest absolute Gasteiger partial charge is 0.383 e. The monoisotopic (exact) mass is 324 g/mol. The van der Waals surface area contributed by atoms with E-state index in [1.54, 1.807) is 14.2 Å². The number of aromatic amines is 1. The second kappa shape index (κ2) is 9.67. The van der Waals surface area contributed by atoms with Gasteiger partial charge in [-0.2, -0.15) is 0 Å². The van der Waals surface area contributed by atoms with Crippen LogP contribution in [0.2, 0.25) is 0 Å². The van der Waals surface area contributed by atoms with Crippen LogP contribution in [0.5, 0.6) is 0 Å². The third-order valence-electron chi connectivity index (χ3n) is 4.11. The van der Waals surface area contributed by atoms with Crippen LogP contribution in [0.3, 0.4) is 0 Å². The van der Waals surface area contributed by atoms with Gasteiger partial charge in [-0.25, -0.2) is 0 Å². The van der Waals surface area contributed by atoms with E-state index in [0.29, 0.717) is 26.3 Å². The molecule has 0 bridgehead atoms. The Morgan fingerprint density at radius 1 is 1.26 bits per heavy atom. The zero-order valence-electron chi connectivity index (χ0n) is 14.1. The summed E-state index contributed by atoms with van der Waals surface area (Å²) in [6, 6.07) is 3.57. The Labute approximate surface area is 137 Å². The highest BCUT2D eigenvalue weighted by molar-refractivity contribution is 5.83. The smallest absolute Gasteiger partial charge is 0.246 e. The maximum absolute atomic E-state index is 13.1. The first-order valence-corrected chi connectivity index (χ1v) is 8.12. The predicted molar refractivity (Wildman–Crippen MR) is 88.3 cm³/mol. The minimum absolute atomic E-state index is 0.140. The zero-order valence-corrected chi connectivity index (χ0v) is 14.1. The number of carbonyl (C=O) groups is 1. The van der Waals surface area contributed by atoms with Gasteiger partial charge in [-0.1, -0.05) is 0 Å². The van der Waals surface area contributed by atoms with Gasteiger partial charge < -0.3 is 24.7 Å². The summed E-state index contributed by atoms with van der Waals surface area (Å²) in [5.41, 5.74) is 0.917.